The standard InChI is InChI=1S/C15H21NO/c1-2-11-16(14-8-9-14)12-10-15(17)13-6-4-3-5-7-13/h3-7,14H,2,8-12H2,1H3. The average molecular weight is 231 g/mol. The first-order chi connectivity index (χ1) is 8.31. The molecular formula is C15H21NO. The highest BCUT2D eigenvalue weighted by atomic mass is 16.1. The van der Waals surface area contributed by atoms with Crippen LogP contribution in [0, 0.1) is 0 Å². The van der Waals surface area contributed by atoms with Gasteiger partial charge in [0.15, 0.2) is 5.78 Å². The summed E-state index contributed by atoms with van der Waals surface area (Å²) in [5.74, 6) is 0.271. The molecule has 0 heterocycles. The number of nitrogens with zero attached hydrogens (tertiary/aromatic N) is 1. The summed E-state index contributed by atoms with van der Waals surface area (Å²) >= 11 is 0. The second kappa shape index (κ2) is 5.97. The lowest BCUT2D eigenvalue weighted by Crippen LogP contribution is -2.29. The molecule has 1 fully saturated rings. The van der Waals surface area contributed by atoms with E-state index in [4.69, 9.17) is 0 Å². The van der Waals surface area contributed by atoms with Crippen LogP contribution in [0.2, 0.25) is 0 Å². The number of carbonyl (C=O) groups is 1. The molecule has 1 aromatic rings. The van der Waals surface area contributed by atoms with E-state index >= 15 is 0 Å². The van der Waals surface area contributed by atoms with E-state index in [1.54, 1.807) is 0 Å². The van der Waals surface area contributed by atoms with Crippen LogP contribution in [0.1, 0.15) is 43.0 Å². The van der Waals surface area contributed by atoms with Crippen LogP contribution >= 0.6 is 0 Å². The third-order valence-electron chi connectivity index (χ3n) is 3.30. The molecule has 0 unspecified atom stereocenters. The first-order valence-electron chi connectivity index (χ1n) is 6.63. The molecule has 17 heavy (non-hydrogen) atoms. The Kier molecular flexibility index (Phi) is 4.32. The summed E-state index contributed by atoms with van der Waals surface area (Å²) in [6.07, 6.45) is 4.47. The molecule has 0 atom stereocenters. The maximum Gasteiger partial charge on any atom is 0.164 e. The predicted octanol–water partition coefficient (Wildman–Crippen LogP) is 3.13. The maximum absolute atomic E-state index is 12.0. The molecule has 1 aliphatic carbocycles. The summed E-state index contributed by atoms with van der Waals surface area (Å²) in [7, 11) is 0. The van der Waals surface area contributed by atoms with Gasteiger partial charge in [0.25, 0.3) is 0 Å². The van der Waals surface area contributed by atoms with Crippen LogP contribution in [0.15, 0.2) is 30.3 Å². The number of Topliss-reactive ketones (excluding diaryl/α,β-unsaturated/α-hetero) is 1. The lowest BCUT2D eigenvalue weighted by Gasteiger charge is -2.20. The van der Waals surface area contributed by atoms with Gasteiger partial charge in [-0.25, -0.2) is 0 Å². The second-order valence-electron chi connectivity index (χ2n) is 4.81. The Labute approximate surface area is 104 Å². The minimum absolute atomic E-state index is 0.271. The smallest absolute Gasteiger partial charge is 0.164 e. The molecule has 1 aromatic carbocycles. The van der Waals surface area contributed by atoms with Crippen LogP contribution in [0.4, 0.5) is 0 Å². The van der Waals surface area contributed by atoms with E-state index in [1.807, 2.05) is 30.3 Å². The van der Waals surface area contributed by atoms with Crippen molar-refractivity contribution in [3.63, 3.8) is 0 Å². The van der Waals surface area contributed by atoms with Gasteiger partial charge in [-0.2, -0.15) is 0 Å². The highest BCUT2D eigenvalue weighted by Crippen LogP contribution is 2.27. The van der Waals surface area contributed by atoms with Crippen molar-refractivity contribution in [1.82, 2.24) is 4.90 Å². The Hall–Kier alpha value is -1.15. The van der Waals surface area contributed by atoms with Crippen molar-refractivity contribution >= 4 is 5.78 Å². The number of hydrogen-bond donors (Lipinski definition) is 0. The van der Waals surface area contributed by atoms with Crippen LogP contribution < -0.4 is 0 Å². The summed E-state index contributed by atoms with van der Waals surface area (Å²) in [6.45, 7) is 4.26. The molecule has 2 heteroatoms. The molecule has 0 saturated heterocycles. The molecule has 0 N–H and O–H groups in total. The van der Waals surface area contributed by atoms with E-state index in [0.29, 0.717) is 6.42 Å². The Bertz CT molecular complexity index is 356. The van der Waals surface area contributed by atoms with Crippen LogP contribution in [-0.2, 0) is 0 Å². The minimum Gasteiger partial charge on any atom is -0.300 e. The highest BCUT2D eigenvalue weighted by molar-refractivity contribution is 5.96. The van der Waals surface area contributed by atoms with Gasteiger partial charge in [-0.1, -0.05) is 37.3 Å². The molecule has 0 bridgehead atoms. The molecule has 0 aliphatic heterocycles. The molecule has 0 aromatic heterocycles. The minimum atomic E-state index is 0.271. The van der Waals surface area contributed by atoms with Crippen molar-refractivity contribution in [3.05, 3.63) is 35.9 Å². The number of benzene rings is 1. The fraction of sp³-hybridized carbons (Fsp3) is 0.533. The first-order valence-corrected chi connectivity index (χ1v) is 6.63. The van der Waals surface area contributed by atoms with Gasteiger partial charge in [0.05, 0.1) is 0 Å². The van der Waals surface area contributed by atoms with Crippen molar-refractivity contribution in [2.24, 2.45) is 0 Å². The Morgan fingerprint density at radius 1 is 1.24 bits per heavy atom. The van der Waals surface area contributed by atoms with Gasteiger partial charge in [-0.15, -0.1) is 0 Å². The number of hydrogen-bond acceptors (Lipinski definition) is 2. The monoisotopic (exact) mass is 231 g/mol. The van der Waals surface area contributed by atoms with Crippen molar-refractivity contribution < 1.29 is 4.79 Å². The molecule has 92 valence electrons. The van der Waals surface area contributed by atoms with Gasteiger partial charge in [-0.3, -0.25) is 9.69 Å². The van der Waals surface area contributed by atoms with Gasteiger partial charge >= 0.3 is 0 Å². The van der Waals surface area contributed by atoms with Gasteiger partial charge in [-0.05, 0) is 25.8 Å². The third kappa shape index (κ3) is 3.67. The van der Waals surface area contributed by atoms with E-state index < -0.39 is 0 Å². The van der Waals surface area contributed by atoms with Crippen LogP contribution in [0.3, 0.4) is 0 Å². The zero-order valence-electron chi connectivity index (χ0n) is 10.6. The Morgan fingerprint density at radius 3 is 2.53 bits per heavy atom. The average Bonchev–Trinajstić information content (AvgIpc) is 3.19. The van der Waals surface area contributed by atoms with Gasteiger partial charge in [0, 0.05) is 24.6 Å². The van der Waals surface area contributed by atoms with E-state index in [2.05, 4.69) is 11.8 Å². The maximum atomic E-state index is 12.0. The summed E-state index contributed by atoms with van der Waals surface area (Å²) < 4.78 is 0. The molecule has 0 spiro atoms. The fourth-order valence-corrected chi connectivity index (χ4v) is 2.22. The topological polar surface area (TPSA) is 20.3 Å². The Morgan fingerprint density at radius 2 is 1.94 bits per heavy atom. The Balaban J connectivity index is 1.82. The van der Waals surface area contributed by atoms with Crippen molar-refractivity contribution in [2.45, 2.75) is 38.6 Å². The SMILES string of the molecule is CCCN(CCC(=O)c1ccccc1)C1CC1. The fourth-order valence-electron chi connectivity index (χ4n) is 2.22. The normalized spacial score (nSPS) is 15.2. The molecule has 2 nitrogen and oxygen atoms in total. The first kappa shape index (κ1) is 12.3. The molecular weight excluding hydrogens is 210 g/mol. The van der Waals surface area contributed by atoms with Crippen LogP contribution in [0.25, 0.3) is 0 Å². The zero-order valence-corrected chi connectivity index (χ0v) is 10.6. The molecule has 1 saturated carbocycles. The van der Waals surface area contributed by atoms with Crippen LogP contribution in [0.5, 0.6) is 0 Å². The van der Waals surface area contributed by atoms with Crippen LogP contribution in [-0.4, -0.2) is 29.8 Å². The quantitative estimate of drug-likeness (QED) is 0.672. The summed E-state index contributed by atoms with van der Waals surface area (Å²) in [5, 5.41) is 0. The third-order valence-corrected chi connectivity index (χ3v) is 3.30. The number of ketones is 1. The summed E-state index contributed by atoms with van der Waals surface area (Å²) in [6, 6.07) is 10.4. The largest absolute Gasteiger partial charge is 0.300 e. The van der Waals surface area contributed by atoms with Gasteiger partial charge in [0.2, 0.25) is 0 Å². The predicted molar refractivity (Wildman–Crippen MR) is 70.3 cm³/mol. The van der Waals surface area contributed by atoms with Crippen molar-refractivity contribution in [1.29, 1.82) is 0 Å². The summed E-state index contributed by atoms with van der Waals surface area (Å²) in [5.41, 5.74) is 0.847. The van der Waals surface area contributed by atoms with E-state index in [9.17, 15) is 4.79 Å². The number of carbonyl (C=O) groups excluding carboxylic acids is 1. The molecule has 2 rings (SSSR count). The van der Waals surface area contributed by atoms with Gasteiger partial charge < -0.3 is 0 Å². The van der Waals surface area contributed by atoms with Crippen molar-refractivity contribution in [3.8, 4) is 0 Å². The molecule has 0 radical (unpaired) electrons. The van der Waals surface area contributed by atoms with E-state index in [1.165, 1.54) is 19.3 Å². The lowest BCUT2D eigenvalue weighted by atomic mass is 10.1. The molecule has 0 amide bonds. The van der Waals surface area contributed by atoms with Gasteiger partial charge in [0.1, 0.15) is 0 Å². The number of rotatable bonds is 7. The highest BCUT2D eigenvalue weighted by Gasteiger charge is 2.28. The summed E-state index contributed by atoms with van der Waals surface area (Å²) in [4.78, 5) is 14.4. The second-order valence-corrected chi connectivity index (χ2v) is 4.81. The van der Waals surface area contributed by atoms with E-state index in [-0.39, 0.29) is 5.78 Å². The lowest BCUT2D eigenvalue weighted by molar-refractivity contribution is 0.0962. The van der Waals surface area contributed by atoms with Crippen molar-refractivity contribution in [2.75, 3.05) is 13.1 Å². The molecule has 1 aliphatic rings. The zero-order chi connectivity index (χ0) is 12.1. The van der Waals surface area contributed by atoms with E-state index in [0.717, 1.165) is 24.7 Å².